The fraction of sp³-hybridized carbons (Fsp3) is 0.481. The van der Waals surface area contributed by atoms with Crippen LogP contribution >= 0.6 is 0 Å². The van der Waals surface area contributed by atoms with E-state index in [1.54, 1.807) is 57.7 Å². The molecule has 1 saturated heterocycles. The number of nitrogens with zero attached hydrogens (tertiary/aromatic N) is 4. The van der Waals surface area contributed by atoms with Crippen molar-refractivity contribution in [2.45, 2.75) is 59.1 Å². The molecule has 2 heterocycles. The Morgan fingerprint density at radius 2 is 1.67 bits per heavy atom. The van der Waals surface area contributed by atoms with E-state index < -0.39 is 29.0 Å². The highest BCUT2D eigenvalue weighted by Crippen LogP contribution is 2.16. The molecule has 0 spiro atoms. The Hall–Kier alpha value is -4.22. The first-order valence-electron chi connectivity index (χ1n) is 12.7. The van der Waals surface area contributed by atoms with Crippen molar-refractivity contribution in [1.82, 2.24) is 24.7 Å². The van der Waals surface area contributed by atoms with Crippen LogP contribution in [0.5, 0.6) is 0 Å². The average molecular weight is 541 g/mol. The van der Waals surface area contributed by atoms with Crippen LogP contribution < -0.4 is 16.3 Å². The Morgan fingerprint density at radius 3 is 2.23 bits per heavy atom. The molecule has 0 saturated carbocycles. The number of hydrogen-bond acceptors (Lipinski definition) is 7. The second-order valence-corrected chi connectivity index (χ2v) is 10.9. The lowest BCUT2D eigenvalue weighted by atomic mass is 10.0. The number of ether oxygens (including phenoxy) is 1. The summed E-state index contributed by atoms with van der Waals surface area (Å²) in [7, 11) is 0. The molecule has 2 aromatic rings. The number of anilines is 1. The van der Waals surface area contributed by atoms with Gasteiger partial charge in [-0.15, -0.1) is 0 Å². The molecule has 210 valence electrons. The molecule has 0 atom stereocenters. The van der Waals surface area contributed by atoms with Gasteiger partial charge in [0.1, 0.15) is 23.2 Å². The summed E-state index contributed by atoms with van der Waals surface area (Å²) in [5.74, 6) is -0.176. The zero-order chi connectivity index (χ0) is 29.0. The molecule has 1 aromatic heterocycles. The Labute approximate surface area is 227 Å². The monoisotopic (exact) mass is 540 g/mol. The second-order valence-electron chi connectivity index (χ2n) is 10.9. The molecule has 1 aromatic carbocycles. The minimum absolute atomic E-state index is 0.108. The van der Waals surface area contributed by atoms with E-state index in [1.165, 1.54) is 21.7 Å². The molecule has 0 aliphatic carbocycles. The number of carbonyl (C=O) groups excluding carboxylic acids is 4. The molecule has 12 nitrogen and oxygen atoms in total. The number of piperazine rings is 1. The number of benzene rings is 1. The summed E-state index contributed by atoms with van der Waals surface area (Å²) in [6.45, 7) is 11.4. The lowest BCUT2D eigenvalue weighted by Gasteiger charge is -2.38. The number of nitrogens with one attached hydrogen (secondary N) is 2. The van der Waals surface area contributed by atoms with Crippen LogP contribution in [-0.4, -0.2) is 81.0 Å². The van der Waals surface area contributed by atoms with Gasteiger partial charge in [0.25, 0.3) is 0 Å². The molecule has 1 aliphatic rings. The van der Waals surface area contributed by atoms with Crippen molar-refractivity contribution in [3.05, 3.63) is 52.1 Å². The topological polar surface area (TPSA) is 143 Å². The van der Waals surface area contributed by atoms with Gasteiger partial charge in [0.2, 0.25) is 5.91 Å². The highest BCUT2D eigenvalue weighted by atomic mass is 16.6. The van der Waals surface area contributed by atoms with Crippen LogP contribution in [0.25, 0.3) is 5.69 Å². The summed E-state index contributed by atoms with van der Waals surface area (Å²) in [6.07, 6.45) is 1.97. The number of aryl methyl sites for hydroxylation is 1. The normalized spacial score (nSPS) is 14.0. The van der Waals surface area contributed by atoms with Gasteiger partial charge in [-0.3, -0.25) is 14.7 Å². The minimum atomic E-state index is -1.19. The number of hydrogen-bond donors (Lipinski definition) is 2. The number of rotatable bonds is 6. The summed E-state index contributed by atoms with van der Waals surface area (Å²) in [5.41, 5.74) is -0.0825. The van der Waals surface area contributed by atoms with Gasteiger partial charge in [-0.05, 0) is 70.9 Å². The number of aromatic nitrogens is 2. The van der Waals surface area contributed by atoms with Gasteiger partial charge in [0.05, 0.1) is 5.69 Å². The summed E-state index contributed by atoms with van der Waals surface area (Å²) in [6, 6.07) is 6.41. The van der Waals surface area contributed by atoms with Crippen LogP contribution in [0, 0.1) is 6.92 Å². The van der Waals surface area contributed by atoms with Gasteiger partial charge in [-0.2, -0.15) is 4.98 Å². The third-order valence-electron chi connectivity index (χ3n) is 6.15. The first kappa shape index (κ1) is 29.3. The van der Waals surface area contributed by atoms with Gasteiger partial charge in [-0.25, -0.2) is 14.4 Å². The first-order valence-corrected chi connectivity index (χ1v) is 12.7. The molecular weight excluding hydrogens is 504 g/mol. The van der Waals surface area contributed by atoms with Crippen molar-refractivity contribution in [3.63, 3.8) is 0 Å². The van der Waals surface area contributed by atoms with Crippen LogP contribution in [-0.2, 0) is 20.7 Å². The molecule has 1 aliphatic heterocycles. The Bertz CT molecular complexity index is 1300. The maximum absolute atomic E-state index is 13.0. The predicted octanol–water partition coefficient (Wildman–Crippen LogP) is 2.26. The predicted molar refractivity (Wildman–Crippen MR) is 145 cm³/mol. The van der Waals surface area contributed by atoms with Crippen molar-refractivity contribution in [2.24, 2.45) is 0 Å². The van der Waals surface area contributed by atoms with Crippen LogP contribution in [0.3, 0.4) is 0 Å². The lowest BCUT2D eigenvalue weighted by molar-refractivity contribution is -0.138. The van der Waals surface area contributed by atoms with E-state index in [9.17, 15) is 24.0 Å². The molecule has 0 radical (unpaired) electrons. The summed E-state index contributed by atoms with van der Waals surface area (Å²) in [5, 5.41) is 5.25. The Kier molecular flexibility index (Phi) is 8.78. The van der Waals surface area contributed by atoms with Crippen LogP contribution in [0.4, 0.5) is 15.4 Å². The molecule has 1 fully saturated rings. The zero-order valence-electron chi connectivity index (χ0n) is 23.2. The smallest absolute Gasteiger partial charge is 0.408 e. The third kappa shape index (κ3) is 7.65. The highest BCUT2D eigenvalue weighted by Gasteiger charge is 2.36. The molecule has 0 bridgehead atoms. The van der Waals surface area contributed by atoms with E-state index in [2.05, 4.69) is 15.6 Å². The largest absolute Gasteiger partial charge is 0.444 e. The number of aldehydes is 1. The van der Waals surface area contributed by atoms with Crippen molar-refractivity contribution < 1.29 is 23.9 Å². The van der Waals surface area contributed by atoms with Gasteiger partial charge in [0, 0.05) is 38.8 Å². The van der Waals surface area contributed by atoms with E-state index >= 15 is 0 Å². The molecule has 0 unspecified atom stereocenters. The minimum Gasteiger partial charge on any atom is -0.444 e. The quantitative estimate of drug-likeness (QED) is 0.535. The molecule has 3 rings (SSSR count). The van der Waals surface area contributed by atoms with Crippen LogP contribution in [0.1, 0.15) is 45.7 Å². The summed E-state index contributed by atoms with van der Waals surface area (Å²) in [4.78, 5) is 68.5. The molecule has 12 heteroatoms. The fourth-order valence-electron chi connectivity index (χ4n) is 4.13. The van der Waals surface area contributed by atoms with Crippen molar-refractivity contribution in [1.29, 1.82) is 0 Å². The SMILES string of the molecule is Cc1cc(-n2ccc(NC(=O)N3CCN(C(=O)C(C)(C)NC(=O)OC(C)(C)C)CC3)nc2=O)ccc1CC=O. The number of amides is 4. The first-order chi connectivity index (χ1) is 18.2. The highest BCUT2D eigenvalue weighted by molar-refractivity contribution is 5.90. The summed E-state index contributed by atoms with van der Waals surface area (Å²) >= 11 is 0. The van der Waals surface area contributed by atoms with E-state index in [0.29, 0.717) is 12.1 Å². The Balaban J connectivity index is 1.57. The summed E-state index contributed by atoms with van der Waals surface area (Å²) < 4.78 is 6.60. The number of alkyl carbamates (subject to hydrolysis) is 1. The molecule has 2 N–H and O–H groups in total. The van der Waals surface area contributed by atoms with E-state index in [0.717, 1.165) is 17.4 Å². The van der Waals surface area contributed by atoms with E-state index in [1.807, 2.05) is 6.92 Å². The standard InChI is InChI=1S/C27H36N6O6/c1-18-17-20(8-7-19(18)10-16-34)33-11-9-21(29-24(33)37)28-23(36)32-14-12-31(13-15-32)22(35)27(5,6)30-25(38)39-26(2,3)4/h7-9,11,16-17H,10,12-15H2,1-6H3,(H,30,38)(H,28,29,36,37). The average Bonchev–Trinajstić information content (AvgIpc) is 2.83. The third-order valence-corrected chi connectivity index (χ3v) is 6.15. The van der Waals surface area contributed by atoms with Gasteiger partial charge in [-0.1, -0.05) is 6.07 Å². The molecule has 39 heavy (non-hydrogen) atoms. The van der Waals surface area contributed by atoms with Crippen molar-refractivity contribution >= 4 is 30.1 Å². The number of urea groups is 1. The van der Waals surface area contributed by atoms with Gasteiger partial charge >= 0.3 is 17.8 Å². The fourth-order valence-corrected chi connectivity index (χ4v) is 4.13. The Morgan fingerprint density at radius 1 is 1.03 bits per heavy atom. The lowest BCUT2D eigenvalue weighted by Crippen LogP contribution is -2.60. The number of carbonyl (C=O) groups is 4. The van der Waals surface area contributed by atoms with E-state index in [4.69, 9.17) is 4.74 Å². The zero-order valence-corrected chi connectivity index (χ0v) is 23.2. The molecule has 4 amide bonds. The molecular formula is C27H36N6O6. The maximum Gasteiger partial charge on any atom is 0.408 e. The van der Waals surface area contributed by atoms with E-state index in [-0.39, 0.29) is 37.9 Å². The van der Waals surface area contributed by atoms with Crippen molar-refractivity contribution in [2.75, 3.05) is 31.5 Å². The van der Waals surface area contributed by atoms with Crippen LogP contribution in [0.15, 0.2) is 35.3 Å². The second kappa shape index (κ2) is 11.7. The van der Waals surface area contributed by atoms with Gasteiger partial charge in [0.15, 0.2) is 0 Å². The maximum atomic E-state index is 13.0. The van der Waals surface area contributed by atoms with Crippen LogP contribution in [0.2, 0.25) is 0 Å². The van der Waals surface area contributed by atoms with Gasteiger partial charge < -0.3 is 24.6 Å². The van der Waals surface area contributed by atoms with Crippen molar-refractivity contribution in [3.8, 4) is 5.69 Å².